The van der Waals surface area contributed by atoms with Crippen molar-refractivity contribution < 1.29 is 14.3 Å². The van der Waals surface area contributed by atoms with Crippen LogP contribution in [0.4, 0.5) is 10.1 Å². The molecule has 1 aromatic carbocycles. The third-order valence-corrected chi connectivity index (χ3v) is 4.03. The Hall–Kier alpha value is -1.07. The third-order valence-electron chi connectivity index (χ3n) is 3.04. The summed E-state index contributed by atoms with van der Waals surface area (Å²) in [4.78, 5) is 12.0. The maximum Gasteiger partial charge on any atom is 0.256 e. The second kappa shape index (κ2) is 5.28. The van der Waals surface area contributed by atoms with Gasteiger partial charge in [0.2, 0.25) is 0 Å². The molecule has 1 fully saturated rings. The summed E-state index contributed by atoms with van der Waals surface area (Å²) < 4.78 is 13.2. The molecule has 1 saturated heterocycles. The highest BCUT2D eigenvalue weighted by atomic mass is 32.2. The molecule has 2 rings (SSSR count). The summed E-state index contributed by atoms with van der Waals surface area (Å²) in [7, 11) is 0. The van der Waals surface area contributed by atoms with E-state index in [4.69, 9.17) is 0 Å². The molecule has 98 valence electrons. The van der Waals surface area contributed by atoms with Gasteiger partial charge in [-0.05, 0) is 55.0 Å². The van der Waals surface area contributed by atoms with E-state index in [1.807, 2.05) is 0 Å². The van der Waals surface area contributed by atoms with E-state index in [0.717, 1.165) is 17.1 Å². The fourth-order valence-corrected chi connectivity index (χ4v) is 3.16. The molecule has 0 radical (unpaired) electrons. The quantitative estimate of drug-likeness (QED) is 0.866. The van der Waals surface area contributed by atoms with Crippen molar-refractivity contribution in [2.24, 2.45) is 0 Å². The Morgan fingerprint density at radius 3 is 2.67 bits per heavy atom. The van der Waals surface area contributed by atoms with Crippen LogP contribution in [0.25, 0.3) is 0 Å². The Morgan fingerprint density at radius 1 is 1.39 bits per heavy atom. The van der Waals surface area contributed by atoms with Gasteiger partial charge in [-0.25, -0.2) is 4.39 Å². The van der Waals surface area contributed by atoms with Crippen molar-refractivity contribution in [2.75, 3.05) is 16.8 Å². The van der Waals surface area contributed by atoms with Gasteiger partial charge in [0.15, 0.2) is 0 Å². The zero-order chi connectivity index (χ0) is 13.2. The number of aliphatic hydroxyl groups is 1. The maximum atomic E-state index is 13.2. The number of aryl methyl sites for hydroxylation is 1. The van der Waals surface area contributed by atoms with Crippen LogP contribution in [-0.2, 0) is 4.79 Å². The molecule has 1 aliphatic heterocycles. The lowest BCUT2D eigenvalue weighted by Gasteiger charge is -2.30. The molecule has 3 nitrogen and oxygen atoms in total. The van der Waals surface area contributed by atoms with Crippen LogP contribution in [0.15, 0.2) is 18.2 Å². The molecule has 1 heterocycles. The predicted molar refractivity (Wildman–Crippen MR) is 71.3 cm³/mol. The maximum absolute atomic E-state index is 13.2. The van der Waals surface area contributed by atoms with Crippen molar-refractivity contribution in [3.63, 3.8) is 0 Å². The van der Waals surface area contributed by atoms with E-state index in [1.165, 1.54) is 12.1 Å². The summed E-state index contributed by atoms with van der Waals surface area (Å²) in [5, 5.41) is 12.8. The fraction of sp³-hybridized carbons (Fsp3) is 0.462. The van der Waals surface area contributed by atoms with Crippen molar-refractivity contribution >= 4 is 23.4 Å². The van der Waals surface area contributed by atoms with Crippen LogP contribution >= 0.6 is 11.8 Å². The topological polar surface area (TPSA) is 49.3 Å². The van der Waals surface area contributed by atoms with Gasteiger partial charge in [-0.15, -0.1) is 0 Å². The van der Waals surface area contributed by atoms with Crippen LogP contribution in [0.1, 0.15) is 18.4 Å². The molecule has 2 N–H and O–H groups in total. The lowest BCUT2D eigenvalue weighted by molar-refractivity contribution is -0.134. The Labute approximate surface area is 110 Å². The number of amides is 1. The van der Waals surface area contributed by atoms with Crippen molar-refractivity contribution in [2.45, 2.75) is 25.4 Å². The normalized spacial score (nSPS) is 18.4. The molecule has 18 heavy (non-hydrogen) atoms. The summed E-state index contributed by atoms with van der Waals surface area (Å²) in [5.74, 6) is 0.711. The predicted octanol–water partition coefficient (Wildman–Crippen LogP) is 2.33. The van der Waals surface area contributed by atoms with E-state index in [-0.39, 0.29) is 0 Å². The van der Waals surface area contributed by atoms with Crippen LogP contribution < -0.4 is 5.32 Å². The second-order valence-electron chi connectivity index (χ2n) is 4.62. The van der Waals surface area contributed by atoms with E-state index in [2.05, 4.69) is 5.32 Å². The zero-order valence-corrected chi connectivity index (χ0v) is 11.0. The number of anilines is 1. The van der Waals surface area contributed by atoms with E-state index < -0.39 is 17.3 Å². The minimum Gasteiger partial charge on any atom is -0.380 e. The van der Waals surface area contributed by atoms with Crippen molar-refractivity contribution in [1.82, 2.24) is 0 Å². The fourth-order valence-electron chi connectivity index (χ4n) is 1.99. The summed E-state index contributed by atoms with van der Waals surface area (Å²) >= 11 is 1.73. The smallest absolute Gasteiger partial charge is 0.256 e. The standard InChI is InChI=1S/C13H16FNO2S/c1-9-6-10(14)8-11(7-9)15-12(16)13(17)2-4-18-5-3-13/h6-8,17H,2-5H2,1H3,(H,15,16). The summed E-state index contributed by atoms with van der Waals surface area (Å²) in [6, 6.07) is 4.33. The lowest BCUT2D eigenvalue weighted by Crippen LogP contribution is -2.45. The van der Waals surface area contributed by atoms with E-state index in [1.54, 1.807) is 24.8 Å². The van der Waals surface area contributed by atoms with Crippen LogP contribution in [0.2, 0.25) is 0 Å². The van der Waals surface area contributed by atoms with E-state index >= 15 is 0 Å². The molecule has 0 aliphatic carbocycles. The second-order valence-corrected chi connectivity index (χ2v) is 5.84. The Kier molecular flexibility index (Phi) is 3.92. The molecule has 0 aromatic heterocycles. The monoisotopic (exact) mass is 269 g/mol. The molecule has 0 atom stereocenters. The first-order chi connectivity index (χ1) is 8.49. The molecular formula is C13H16FNO2S. The van der Waals surface area contributed by atoms with Crippen LogP contribution in [0, 0.1) is 12.7 Å². The first-order valence-electron chi connectivity index (χ1n) is 5.88. The number of carbonyl (C=O) groups is 1. The number of halogens is 1. The molecule has 1 aliphatic rings. The number of nitrogens with one attached hydrogen (secondary N) is 1. The van der Waals surface area contributed by atoms with Gasteiger partial charge in [-0.2, -0.15) is 11.8 Å². The minimum absolute atomic E-state index is 0.392. The number of rotatable bonds is 2. The van der Waals surface area contributed by atoms with Gasteiger partial charge in [0, 0.05) is 5.69 Å². The van der Waals surface area contributed by atoms with Gasteiger partial charge < -0.3 is 10.4 Å². The average Bonchev–Trinajstić information content (AvgIpc) is 2.28. The number of hydrogen-bond donors (Lipinski definition) is 2. The largest absolute Gasteiger partial charge is 0.380 e. The average molecular weight is 269 g/mol. The Bertz CT molecular complexity index is 438. The molecule has 1 aromatic rings. The van der Waals surface area contributed by atoms with Crippen molar-refractivity contribution in [3.8, 4) is 0 Å². The number of carbonyl (C=O) groups excluding carboxylic acids is 1. The highest BCUT2D eigenvalue weighted by Crippen LogP contribution is 2.28. The number of benzene rings is 1. The van der Waals surface area contributed by atoms with Crippen molar-refractivity contribution in [3.05, 3.63) is 29.6 Å². The molecule has 0 unspecified atom stereocenters. The molecule has 1 amide bonds. The SMILES string of the molecule is Cc1cc(F)cc(NC(=O)C2(O)CCSCC2)c1. The third kappa shape index (κ3) is 3.03. The zero-order valence-electron chi connectivity index (χ0n) is 10.2. The molecular weight excluding hydrogens is 253 g/mol. The van der Waals surface area contributed by atoms with Crippen LogP contribution in [0.5, 0.6) is 0 Å². The van der Waals surface area contributed by atoms with Crippen LogP contribution in [-0.4, -0.2) is 28.1 Å². The Morgan fingerprint density at radius 2 is 2.06 bits per heavy atom. The minimum atomic E-state index is -1.31. The first kappa shape index (κ1) is 13.4. The van der Waals surface area contributed by atoms with Crippen molar-refractivity contribution in [1.29, 1.82) is 0 Å². The van der Waals surface area contributed by atoms with Gasteiger partial charge in [0.05, 0.1) is 0 Å². The molecule has 0 spiro atoms. The van der Waals surface area contributed by atoms with Gasteiger partial charge in [0.25, 0.3) is 5.91 Å². The van der Waals surface area contributed by atoms with Gasteiger partial charge >= 0.3 is 0 Å². The number of hydrogen-bond acceptors (Lipinski definition) is 3. The highest BCUT2D eigenvalue weighted by molar-refractivity contribution is 7.99. The lowest BCUT2D eigenvalue weighted by atomic mass is 9.95. The summed E-state index contributed by atoms with van der Waals surface area (Å²) in [6.07, 6.45) is 0.885. The summed E-state index contributed by atoms with van der Waals surface area (Å²) in [5.41, 5.74) is -0.188. The van der Waals surface area contributed by atoms with Gasteiger partial charge in [-0.3, -0.25) is 4.79 Å². The van der Waals surface area contributed by atoms with Gasteiger partial charge in [0.1, 0.15) is 11.4 Å². The van der Waals surface area contributed by atoms with Crippen LogP contribution in [0.3, 0.4) is 0 Å². The summed E-state index contributed by atoms with van der Waals surface area (Å²) in [6.45, 7) is 1.75. The van der Waals surface area contributed by atoms with Gasteiger partial charge in [-0.1, -0.05) is 0 Å². The Balaban J connectivity index is 2.10. The van der Waals surface area contributed by atoms with E-state index in [9.17, 15) is 14.3 Å². The van der Waals surface area contributed by atoms with E-state index in [0.29, 0.717) is 18.5 Å². The molecule has 0 saturated carbocycles. The highest BCUT2D eigenvalue weighted by Gasteiger charge is 2.37. The first-order valence-corrected chi connectivity index (χ1v) is 7.04. The molecule has 0 bridgehead atoms. The number of thioether (sulfide) groups is 1. The molecule has 5 heteroatoms.